The van der Waals surface area contributed by atoms with E-state index in [1.54, 1.807) is 42.2 Å². The van der Waals surface area contributed by atoms with Crippen LogP contribution in [0.2, 0.25) is 0 Å². The molecule has 66 heavy (non-hydrogen) atoms. The van der Waals surface area contributed by atoms with E-state index >= 15 is 0 Å². The number of esters is 1. The number of carbonyl (C=O) groups excluding carboxylic acids is 3. The number of rotatable bonds is 12. The van der Waals surface area contributed by atoms with Crippen LogP contribution in [0.4, 0.5) is 20.2 Å². The number of halogens is 1. The van der Waals surface area contributed by atoms with Gasteiger partial charge in [-0.15, -0.1) is 5.10 Å². The van der Waals surface area contributed by atoms with Gasteiger partial charge in [0.2, 0.25) is 0 Å². The third kappa shape index (κ3) is 12.5. The van der Waals surface area contributed by atoms with E-state index in [2.05, 4.69) is 37.8 Å². The highest BCUT2D eigenvalue weighted by Crippen LogP contribution is 2.40. The summed E-state index contributed by atoms with van der Waals surface area (Å²) in [6.45, 7) is 16.2. The van der Waals surface area contributed by atoms with Crippen molar-refractivity contribution in [1.82, 2.24) is 35.2 Å². The Hall–Kier alpha value is -4.47. The van der Waals surface area contributed by atoms with E-state index in [4.69, 9.17) is 29.4 Å². The molecule has 3 fully saturated rings. The van der Waals surface area contributed by atoms with E-state index in [-0.39, 0.29) is 30.2 Å². The van der Waals surface area contributed by atoms with Crippen LogP contribution in [0.25, 0.3) is 11.3 Å². The molecule has 0 saturated carbocycles. The van der Waals surface area contributed by atoms with Crippen molar-refractivity contribution in [2.75, 3.05) is 37.5 Å². The first-order valence-corrected chi connectivity index (χ1v) is 24.0. The Labute approximate surface area is 392 Å². The highest BCUT2D eigenvalue weighted by molar-refractivity contribution is 7.93. The maximum Gasteiger partial charge on any atom is 0.410 e. The number of aryl methyl sites for hydroxylation is 1. The van der Waals surface area contributed by atoms with Crippen LogP contribution in [0, 0.1) is 17.8 Å². The van der Waals surface area contributed by atoms with Gasteiger partial charge in [-0.25, -0.2) is 9.78 Å². The number of nitrogen functional groups attached to an aromatic ring is 1. The Morgan fingerprint density at radius 3 is 2.50 bits per heavy atom. The number of cyclic esters (lactones) is 1. The second-order valence-corrected chi connectivity index (χ2v) is 18.6. The second-order valence-electron chi connectivity index (χ2n) is 18.3. The number of unbranched alkanes of at least 4 members (excludes halogenated alkanes) is 1. The fraction of sp³-hybridized carbons (Fsp3) is 0.674. The van der Waals surface area contributed by atoms with Crippen LogP contribution in [0.5, 0.6) is 0 Å². The molecule has 3 aliphatic rings. The number of hydrogen-bond donors (Lipinski definition) is 4. The average Bonchev–Trinajstić information content (AvgIpc) is 3.87. The summed E-state index contributed by atoms with van der Waals surface area (Å²) in [6, 6.07) is 6.13. The van der Waals surface area contributed by atoms with E-state index in [9.17, 15) is 23.4 Å². The number of carbonyl (C=O) groups is 3. The van der Waals surface area contributed by atoms with Gasteiger partial charge in [-0.3, -0.25) is 24.2 Å². The molecule has 1 amide bonds. The number of benzene rings is 1. The zero-order valence-corrected chi connectivity index (χ0v) is 40.7. The number of ketones is 1. The van der Waals surface area contributed by atoms with Crippen molar-refractivity contribution in [2.24, 2.45) is 17.8 Å². The van der Waals surface area contributed by atoms with Gasteiger partial charge >= 0.3 is 12.1 Å². The molecular formula is C46H70FN9O9S. The number of aliphatic hydroxyl groups is 1. The number of aromatic nitrogens is 5. The number of ether oxygens (including phenoxy) is 5. The van der Waals surface area contributed by atoms with Gasteiger partial charge in [0.1, 0.15) is 29.6 Å². The topological polar surface area (TPSA) is 227 Å². The van der Waals surface area contributed by atoms with Gasteiger partial charge in [0.05, 0.1) is 42.3 Å². The minimum atomic E-state index is -1.25. The molecule has 0 bridgehead atoms. The summed E-state index contributed by atoms with van der Waals surface area (Å²) in [5.74, 6) is -2.85. The van der Waals surface area contributed by atoms with Crippen LogP contribution in [-0.2, 0) is 39.8 Å². The van der Waals surface area contributed by atoms with Gasteiger partial charge in [-0.2, -0.15) is 3.89 Å². The standard InChI is InChI=1S/C45H67N9O9.CH3FS/c1-10-35-45(8)39(54(43(58)63-45)19-12-11-18-53-25-34(51-52-53)31-14-13-15-32(46)21-31)30(6)49-23-26(2)22-44(7,59-9)40(28(4)37(55)29(5)41(57)61-35)62-42-38(56)33(20-27(3)60-42)50-36-24-47-16-17-48-36;1-3-2/h13-17,21,24-30,33,35,38-40,42,49,56H,10-12,18-20,22-23,46H2,1-9H3,(H,48,50);1H3/t26-,27?,28+,29-,30-,33?,35-,38?,39-,40-,42+,44-,45-;/m1./s1. The van der Waals surface area contributed by atoms with E-state index in [1.807, 2.05) is 65.1 Å². The van der Waals surface area contributed by atoms with E-state index in [1.165, 1.54) is 13.2 Å². The third-order valence-corrected chi connectivity index (χ3v) is 13.1. The monoisotopic (exact) mass is 944 g/mol. The van der Waals surface area contributed by atoms with Crippen molar-refractivity contribution in [3.8, 4) is 11.3 Å². The minimum Gasteiger partial charge on any atom is -0.458 e. The normalized spacial score (nSPS) is 33.4. The van der Waals surface area contributed by atoms with Crippen molar-refractivity contribution >= 4 is 41.5 Å². The van der Waals surface area contributed by atoms with Gasteiger partial charge in [0.25, 0.3) is 0 Å². The maximum absolute atomic E-state index is 14.5. The van der Waals surface area contributed by atoms with Crippen LogP contribution >= 0.6 is 12.1 Å². The maximum atomic E-state index is 14.5. The summed E-state index contributed by atoms with van der Waals surface area (Å²) in [5, 5.41) is 27.2. The van der Waals surface area contributed by atoms with Crippen molar-refractivity contribution in [3.05, 3.63) is 49.1 Å². The summed E-state index contributed by atoms with van der Waals surface area (Å²) in [7, 11) is 1.57. The zero-order chi connectivity index (χ0) is 48.3. The Morgan fingerprint density at radius 2 is 1.83 bits per heavy atom. The van der Waals surface area contributed by atoms with Gasteiger partial charge in [0.15, 0.2) is 17.7 Å². The number of nitrogens with two attached hydrogens (primary N) is 1. The predicted molar refractivity (Wildman–Crippen MR) is 249 cm³/mol. The second kappa shape index (κ2) is 23.5. The van der Waals surface area contributed by atoms with Crippen LogP contribution in [0.15, 0.2) is 49.1 Å². The first kappa shape index (κ1) is 52.5. The third-order valence-electron chi connectivity index (χ3n) is 13.1. The number of hydrogen-bond acceptors (Lipinski definition) is 17. The Bertz CT molecular complexity index is 2040. The highest BCUT2D eigenvalue weighted by Gasteiger charge is 2.58. The van der Waals surface area contributed by atoms with Crippen LogP contribution in [0.1, 0.15) is 87.5 Å². The number of methoxy groups -OCH3 is 1. The SMILES string of the molecule is CC[C@H]1OC(=O)[C@H](C)C(=O)[C@H](C)[C@@H](O[C@@H]2OC(C)CC(Nc3cnccn3)C2O)[C@](C)(OC)C[C@@H](C)CN[C@H](C)[C@H]2N(CCCCn3cc(-c4cccc(N)c4)nn3)C(=O)O[C@]12C.CSF. The number of Topliss-reactive ketones (excluding diaryl/α,β-unsaturated/α-hetero) is 1. The summed E-state index contributed by atoms with van der Waals surface area (Å²) >= 11 is 0.250. The summed E-state index contributed by atoms with van der Waals surface area (Å²) in [4.78, 5) is 52.6. The molecule has 0 spiro atoms. The Morgan fingerprint density at radius 1 is 1.11 bits per heavy atom. The molecule has 0 radical (unpaired) electrons. The summed E-state index contributed by atoms with van der Waals surface area (Å²) in [5.41, 5.74) is 5.86. The first-order chi connectivity index (χ1) is 31.4. The van der Waals surface area contributed by atoms with Gasteiger partial charge in [0, 0.05) is 74.2 Å². The fourth-order valence-electron chi connectivity index (χ4n) is 9.67. The van der Waals surface area contributed by atoms with Gasteiger partial charge in [-0.1, -0.05) is 38.1 Å². The van der Waals surface area contributed by atoms with Crippen LogP contribution < -0.4 is 16.4 Å². The minimum absolute atomic E-state index is 0.0481. The molecule has 3 aliphatic heterocycles. The zero-order valence-electron chi connectivity index (χ0n) is 39.9. The first-order valence-electron chi connectivity index (χ1n) is 22.8. The lowest BCUT2D eigenvalue weighted by Gasteiger charge is -2.46. The fourth-order valence-corrected chi connectivity index (χ4v) is 9.67. The smallest absolute Gasteiger partial charge is 0.410 e. The largest absolute Gasteiger partial charge is 0.458 e. The molecule has 3 saturated heterocycles. The quantitative estimate of drug-likeness (QED) is 0.0722. The van der Waals surface area contributed by atoms with E-state index in [0.717, 1.165) is 11.3 Å². The molecule has 5 N–H and O–H groups in total. The molecule has 0 aliphatic carbocycles. The molecule has 3 unspecified atom stereocenters. The highest BCUT2D eigenvalue weighted by atomic mass is 32.2. The van der Waals surface area contributed by atoms with Crippen LogP contribution in [0.3, 0.4) is 0 Å². The van der Waals surface area contributed by atoms with E-state index < -0.39 is 77.6 Å². The van der Waals surface area contributed by atoms with Crippen molar-refractivity contribution < 1.29 is 47.1 Å². The molecule has 6 rings (SSSR count). The number of nitrogens with zero attached hydrogens (tertiary/aromatic N) is 6. The molecule has 20 heteroatoms. The number of aliphatic hydroxyl groups excluding tert-OH is 1. The molecule has 3 aromatic rings. The lowest BCUT2D eigenvalue weighted by atomic mass is 9.78. The molecule has 1 aromatic carbocycles. The Kier molecular flexibility index (Phi) is 18.7. The molecule has 2 aromatic heterocycles. The number of fused-ring (bicyclic) bond motifs is 1. The number of amides is 1. The molecule has 13 atom stereocenters. The summed E-state index contributed by atoms with van der Waals surface area (Å²) < 4.78 is 43.6. The number of anilines is 2. The van der Waals surface area contributed by atoms with E-state index in [0.29, 0.717) is 63.2 Å². The average molecular weight is 944 g/mol. The lowest BCUT2D eigenvalue weighted by Crippen LogP contribution is -2.61. The molecule has 5 heterocycles. The summed E-state index contributed by atoms with van der Waals surface area (Å²) in [6.07, 6.45) is 5.54. The van der Waals surface area contributed by atoms with Gasteiger partial charge in [-0.05, 0) is 91.3 Å². The predicted octanol–water partition coefficient (Wildman–Crippen LogP) is 5.86. The van der Waals surface area contributed by atoms with Crippen molar-refractivity contribution in [2.45, 2.75) is 154 Å². The lowest BCUT2D eigenvalue weighted by molar-refractivity contribution is -0.287. The molecule has 366 valence electrons. The number of nitrogens with one attached hydrogen (secondary N) is 2. The van der Waals surface area contributed by atoms with Crippen molar-refractivity contribution in [1.29, 1.82) is 0 Å². The van der Waals surface area contributed by atoms with Crippen LogP contribution in [-0.4, -0.2) is 139 Å². The Balaban J connectivity index is 0.00000265. The molecule has 18 nitrogen and oxygen atoms in total. The van der Waals surface area contributed by atoms with Gasteiger partial charge < -0.3 is 45.2 Å². The molecular weight excluding hydrogens is 874 g/mol. The van der Waals surface area contributed by atoms with Crippen molar-refractivity contribution in [3.63, 3.8) is 0 Å².